The van der Waals surface area contributed by atoms with E-state index < -0.39 is 11.8 Å². The molecule has 2 N–H and O–H groups in total. The summed E-state index contributed by atoms with van der Waals surface area (Å²) < 4.78 is 0. The number of nitrogens with zero attached hydrogens (tertiary/aromatic N) is 2. The first kappa shape index (κ1) is 19.0. The number of aryl methyl sites for hydroxylation is 1. The molecule has 3 aromatic rings. The predicted octanol–water partition coefficient (Wildman–Crippen LogP) is 3.21. The number of fused-ring (bicyclic) bond motifs is 1. The molecule has 1 aliphatic rings. The van der Waals surface area contributed by atoms with E-state index in [1.807, 2.05) is 24.4 Å². The topological polar surface area (TPSA) is 84.0 Å². The van der Waals surface area contributed by atoms with E-state index in [0.717, 1.165) is 30.5 Å². The lowest BCUT2D eigenvalue weighted by atomic mass is 9.92. The Balaban J connectivity index is 1.35. The van der Waals surface area contributed by atoms with Gasteiger partial charge in [-0.15, -0.1) is 0 Å². The van der Waals surface area contributed by atoms with Crippen molar-refractivity contribution in [1.82, 2.24) is 20.6 Å². The van der Waals surface area contributed by atoms with Crippen LogP contribution in [0.1, 0.15) is 56.6 Å². The molecule has 2 amide bonds. The van der Waals surface area contributed by atoms with Gasteiger partial charge >= 0.3 is 0 Å². The Bertz CT molecular complexity index is 1000. The number of pyridine rings is 2. The van der Waals surface area contributed by atoms with Crippen molar-refractivity contribution < 1.29 is 9.59 Å². The van der Waals surface area contributed by atoms with Crippen LogP contribution in [0.4, 0.5) is 0 Å². The highest BCUT2D eigenvalue weighted by Crippen LogP contribution is 2.27. The Morgan fingerprint density at radius 1 is 0.931 bits per heavy atom. The van der Waals surface area contributed by atoms with E-state index in [1.54, 1.807) is 30.3 Å². The molecule has 1 aromatic carbocycles. The van der Waals surface area contributed by atoms with E-state index in [4.69, 9.17) is 0 Å². The summed E-state index contributed by atoms with van der Waals surface area (Å²) in [6, 6.07) is 16.6. The molecule has 29 heavy (non-hydrogen) atoms. The quantitative estimate of drug-likeness (QED) is 0.658. The molecular weight excluding hydrogens is 364 g/mol. The number of rotatable bonds is 5. The molecule has 0 radical (unpaired) electrons. The molecular formula is C23H22N4O2. The molecule has 0 spiro atoms. The van der Waals surface area contributed by atoms with Gasteiger partial charge in [0, 0.05) is 24.5 Å². The van der Waals surface area contributed by atoms with Crippen molar-refractivity contribution in [2.75, 3.05) is 0 Å². The second kappa shape index (κ2) is 8.75. The van der Waals surface area contributed by atoms with Gasteiger partial charge in [0.05, 0.1) is 11.7 Å². The maximum absolute atomic E-state index is 12.3. The summed E-state index contributed by atoms with van der Waals surface area (Å²) in [7, 11) is 0. The zero-order valence-electron chi connectivity index (χ0n) is 16.0. The van der Waals surface area contributed by atoms with Crippen LogP contribution in [0.3, 0.4) is 0 Å². The highest BCUT2D eigenvalue weighted by molar-refractivity contribution is 6.09. The lowest BCUT2D eigenvalue weighted by Gasteiger charge is -2.25. The van der Waals surface area contributed by atoms with Crippen LogP contribution >= 0.6 is 0 Å². The van der Waals surface area contributed by atoms with Crippen molar-refractivity contribution in [3.05, 3.63) is 95.1 Å². The first-order valence-corrected chi connectivity index (χ1v) is 9.73. The number of benzene rings is 1. The van der Waals surface area contributed by atoms with Crippen molar-refractivity contribution in [1.29, 1.82) is 0 Å². The van der Waals surface area contributed by atoms with E-state index in [2.05, 4.69) is 26.7 Å². The van der Waals surface area contributed by atoms with Crippen molar-refractivity contribution in [3.63, 3.8) is 0 Å². The molecule has 0 aliphatic heterocycles. The lowest BCUT2D eigenvalue weighted by molar-refractivity contribution is 0.0846. The monoisotopic (exact) mass is 386 g/mol. The van der Waals surface area contributed by atoms with Gasteiger partial charge in [-0.3, -0.25) is 24.9 Å². The SMILES string of the molecule is O=C(NC(=O)c1ccccn1)c1ccc(CNC2CCCc3cccnc32)cc1. The number of nitrogens with one attached hydrogen (secondary N) is 2. The Morgan fingerprint density at radius 2 is 1.76 bits per heavy atom. The van der Waals surface area contributed by atoms with E-state index in [0.29, 0.717) is 12.1 Å². The Hall–Kier alpha value is -3.38. The molecule has 1 unspecified atom stereocenters. The molecule has 0 saturated heterocycles. The molecule has 2 heterocycles. The van der Waals surface area contributed by atoms with Gasteiger partial charge in [-0.25, -0.2) is 0 Å². The van der Waals surface area contributed by atoms with Crippen LogP contribution in [0.25, 0.3) is 0 Å². The van der Waals surface area contributed by atoms with Crippen LogP contribution in [0.2, 0.25) is 0 Å². The van der Waals surface area contributed by atoms with E-state index in [-0.39, 0.29) is 11.7 Å². The van der Waals surface area contributed by atoms with Crippen LogP contribution in [-0.4, -0.2) is 21.8 Å². The molecule has 6 heteroatoms. The molecule has 0 bridgehead atoms. The summed E-state index contributed by atoms with van der Waals surface area (Å²) in [5.41, 5.74) is 4.18. The van der Waals surface area contributed by atoms with Gasteiger partial charge in [-0.05, 0) is 60.7 Å². The second-order valence-corrected chi connectivity index (χ2v) is 7.07. The van der Waals surface area contributed by atoms with Crippen molar-refractivity contribution in [2.24, 2.45) is 0 Å². The van der Waals surface area contributed by atoms with Crippen LogP contribution in [-0.2, 0) is 13.0 Å². The number of hydrogen-bond donors (Lipinski definition) is 2. The minimum atomic E-state index is -0.509. The van der Waals surface area contributed by atoms with Gasteiger partial charge in [0.1, 0.15) is 5.69 Å². The smallest absolute Gasteiger partial charge is 0.276 e. The van der Waals surface area contributed by atoms with Gasteiger partial charge in [-0.1, -0.05) is 24.3 Å². The Labute approximate surface area is 169 Å². The van der Waals surface area contributed by atoms with Gasteiger partial charge in [0.25, 0.3) is 11.8 Å². The van der Waals surface area contributed by atoms with E-state index in [9.17, 15) is 9.59 Å². The maximum atomic E-state index is 12.3. The van der Waals surface area contributed by atoms with Gasteiger partial charge in [-0.2, -0.15) is 0 Å². The van der Waals surface area contributed by atoms with Crippen LogP contribution in [0.5, 0.6) is 0 Å². The molecule has 146 valence electrons. The fourth-order valence-corrected chi connectivity index (χ4v) is 3.56. The van der Waals surface area contributed by atoms with Crippen molar-refractivity contribution in [3.8, 4) is 0 Å². The summed E-state index contributed by atoms with van der Waals surface area (Å²) in [5.74, 6) is -0.949. The number of carbonyl (C=O) groups is 2. The summed E-state index contributed by atoms with van der Waals surface area (Å²) in [4.78, 5) is 32.9. The van der Waals surface area contributed by atoms with Crippen molar-refractivity contribution in [2.45, 2.75) is 31.8 Å². The fraction of sp³-hybridized carbons (Fsp3) is 0.217. The van der Waals surface area contributed by atoms with Crippen LogP contribution < -0.4 is 10.6 Å². The molecule has 6 nitrogen and oxygen atoms in total. The molecule has 2 aromatic heterocycles. The minimum Gasteiger partial charge on any atom is -0.305 e. The maximum Gasteiger partial charge on any atom is 0.276 e. The Morgan fingerprint density at radius 3 is 2.55 bits per heavy atom. The molecule has 0 fully saturated rings. The number of carbonyl (C=O) groups excluding carboxylic acids is 2. The average Bonchev–Trinajstić information content (AvgIpc) is 2.78. The van der Waals surface area contributed by atoms with Gasteiger partial charge < -0.3 is 5.32 Å². The largest absolute Gasteiger partial charge is 0.305 e. The van der Waals surface area contributed by atoms with Crippen LogP contribution in [0, 0.1) is 0 Å². The predicted molar refractivity (Wildman–Crippen MR) is 109 cm³/mol. The van der Waals surface area contributed by atoms with Crippen LogP contribution in [0.15, 0.2) is 67.0 Å². The van der Waals surface area contributed by atoms with Crippen molar-refractivity contribution >= 4 is 11.8 Å². The number of aromatic nitrogens is 2. The van der Waals surface area contributed by atoms with Gasteiger partial charge in [0.15, 0.2) is 0 Å². The third-order valence-electron chi connectivity index (χ3n) is 5.09. The Kier molecular flexibility index (Phi) is 5.72. The zero-order valence-corrected chi connectivity index (χ0v) is 16.0. The lowest BCUT2D eigenvalue weighted by Crippen LogP contribution is -2.31. The summed E-state index contributed by atoms with van der Waals surface area (Å²) in [6.45, 7) is 0.690. The first-order valence-electron chi connectivity index (χ1n) is 9.73. The highest BCUT2D eigenvalue weighted by atomic mass is 16.2. The summed E-state index contributed by atoms with van der Waals surface area (Å²) in [5, 5.41) is 5.93. The zero-order chi connectivity index (χ0) is 20.1. The number of hydrogen-bond acceptors (Lipinski definition) is 5. The molecule has 4 rings (SSSR count). The summed E-state index contributed by atoms with van der Waals surface area (Å²) >= 11 is 0. The first-order chi connectivity index (χ1) is 14.2. The fourth-order valence-electron chi connectivity index (χ4n) is 3.56. The number of amides is 2. The average molecular weight is 386 g/mol. The standard InChI is InChI=1S/C23H22N4O2/c28-22(27-23(29)20-7-1-2-13-24-20)18-11-9-16(10-12-18)15-26-19-8-3-5-17-6-4-14-25-21(17)19/h1-2,4,6-7,9-14,19,26H,3,5,8,15H2,(H,27,28,29). The third-order valence-corrected chi connectivity index (χ3v) is 5.09. The van der Waals surface area contributed by atoms with Gasteiger partial charge in [0.2, 0.25) is 0 Å². The molecule has 1 aliphatic carbocycles. The molecule has 0 saturated carbocycles. The third kappa shape index (κ3) is 4.55. The minimum absolute atomic E-state index is 0.211. The van der Waals surface area contributed by atoms with E-state index in [1.165, 1.54) is 11.8 Å². The van der Waals surface area contributed by atoms with E-state index >= 15 is 0 Å². The second-order valence-electron chi connectivity index (χ2n) is 7.07. The molecule has 1 atom stereocenters. The normalized spacial score (nSPS) is 15.4. The summed E-state index contributed by atoms with van der Waals surface area (Å²) in [6.07, 6.45) is 6.67. The number of imide groups is 1. The highest BCUT2D eigenvalue weighted by Gasteiger charge is 2.20.